The number of benzene rings is 1. The van der Waals surface area contributed by atoms with Gasteiger partial charge in [0, 0.05) is 5.92 Å². The van der Waals surface area contributed by atoms with Crippen molar-refractivity contribution >= 4 is 29.0 Å². The largest absolute Gasteiger partial charge is 0.507 e. The normalized spacial score (nSPS) is 38.9. The van der Waals surface area contributed by atoms with Gasteiger partial charge in [-0.15, -0.1) is 0 Å². The molecule has 0 saturated heterocycles. The summed E-state index contributed by atoms with van der Waals surface area (Å²) in [4.78, 5) is 67.0. The van der Waals surface area contributed by atoms with Crippen molar-refractivity contribution in [1.29, 1.82) is 0 Å². The topological polar surface area (TPSA) is 155 Å². The molecule has 1 aromatic carbocycles. The van der Waals surface area contributed by atoms with E-state index in [1.807, 2.05) is 6.92 Å². The summed E-state index contributed by atoms with van der Waals surface area (Å²) >= 11 is 0. The van der Waals surface area contributed by atoms with E-state index in [1.54, 1.807) is 33.2 Å². The number of nitrogens with zero attached hydrogens (tertiary/aromatic N) is 1. The molecule has 0 bridgehead atoms. The maximum absolute atomic E-state index is 13.7. The molecule has 0 aromatic heterocycles. The molecule has 4 rings (SSSR count). The molecular formula is C23H26N2O7. The minimum atomic E-state index is -2.72. The van der Waals surface area contributed by atoms with Crippen molar-refractivity contribution in [2.24, 2.45) is 35.3 Å². The van der Waals surface area contributed by atoms with E-state index in [9.17, 15) is 34.2 Å². The van der Waals surface area contributed by atoms with Gasteiger partial charge in [-0.1, -0.05) is 26.0 Å². The Labute approximate surface area is 184 Å². The van der Waals surface area contributed by atoms with Crippen LogP contribution >= 0.6 is 0 Å². The Kier molecular flexibility index (Phi) is 4.91. The third-order valence-electron chi connectivity index (χ3n) is 7.77. The fourth-order valence-electron chi connectivity index (χ4n) is 6.45. The third-order valence-corrected chi connectivity index (χ3v) is 7.77. The lowest BCUT2D eigenvalue weighted by molar-refractivity contribution is -0.188. The lowest BCUT2D eigenvalue weighted by Gasteiger charge is -2.56. The Morgan fingerprint density at radius 1 is 1.09 bits per heavy atom. The van der Waals surface area contributed by atoms with E-state index < -0.39 is 70.3 Å². The highest BCUT2D eigenvalue weighted by atomic mass is 16.3. The molecule has 0 spiro atoms. The zero-order valence-corrected chi connectivity index (χ0v) is 18.2. The number of primary amides is 1. The second-order valence-corrected chi connectivity index (χ2v) is 9.48. The van der Waals surface area contributed by atoms with Gasteiger partial charge in [0.2, 0.25) is 5.91 Å². The number of rotatable bonds is 2. The molecule has 2 saturated carbocycles. The number of hydrogen-bond donors (Lipinski definition) is 3. The van der Waals surface area contributed by atoms with E-state index in [0.29, 0.717) is 5.56 Å². The summed E-state index contributed by atoms with van der Waals surface area (Å²) in [6.45, 7) is 3.53. The van der Waals surface area contributed by atoms with Crippen LogP contribution in [-0.4, -0.2) is 69.9 Å². The van der Waals surface area contributed by atoms with Crippen LogP contribution in [0.25, 0.3) is 0 Å². The number of phenols is 1. The van der Waals surface area contributed by atoms with Crippen LogP contribution in [0.15, 0.2) is 18.2 Å². The Hall–Kier alpha value is -2.91. The number of phenolic OH excluding ortho intramolecular Hbond substituents is 1. The first kappa shape index (κ1) is 22.3. The summed E-state index contributed by atoms with van der Waals surface area (Å²) in [7, 11) is 3.12. The number of aliphatic hydroxyl groups is 1. The summed E-state index contributed by atoms with van der Waals surface area (Å²) in [6, 6.07) is 3.53. The molecule has 0 radical (unpaired) electrons. The Balaban J connectivity index is 1.96. The number of likely N-dealkylation sites (N-methyl/N-ethyl adjacent to an activating group) is 1. The predicted octanol–water partition coefficient (Wildman–Crippen LogP) is -0.326. The van der Waals surface area contributed by atoms with E-state index >= 15 is 0 Å². The average molecular weight is 442 g/mol. The quantitative estimate of drug-likeness (QED) is 0.526. The standard InChI is InChI=1S/C23H26N2O7/c1-8-10-6-5-7-11(26)13(10)18(27)14-12(8)9(2)16-17(25(3)4)19(28)15(22(24)31)21(30)23(16,32)20(14)29/h5-9,12,14-17,26,32H,1-4H3,(H2,24,31)/t8-,9-,12-,14?,15?,16-,17-,23-/m0/s1. The van der Waals surface area contributed by atoms with Crippen molar-refractivity contribution in [3.05, 3.63) is 29.3 Å². The van der Waals surface area contributed by atoms with Gasteiger partial charge in [0.1, 0.15) is 5.75 Å². The van der Waals surface area contributed by atoms with Crippen LogP contribution in [0, 0.1) is 29.6 Å². The highest BCUT2D eigenvalue weighted by Gasteiger charge is 2.71. The molecule has 2 unspecified atom stereocenters. The zero-order valence-electron chi connectivity index (χ0n) is 18.2. The molecule has 2 fully saturated rings. The number of carbonyl (C=O) groups excluding carboxylic acids is 5. The van der Waals surface area contributed by atoms with Gasteiger partial charge in [0.25, 0.3) is 0 Å². The number of carbonyl (C=O) groups is 5. The first-order valence-electron chi connectivity index (χ1n) is 10.5. The van der Waals surface area contributed by atoms with Crippen LogP contribution in [0.5, 0.6) is 5.75 Å². The van der Waals surface area contributed by atoms with E-state index in [1.165, 1.54) is 11.0 Å². The molecule has 32 heavy (non-hydrogen) atoms. The lowest BCUT2D eigenvalue weighted by atomic mass is 9.47. The van der Waals surface area contributed by atoms with Gasteiger partial charge in [-0.25, -0.2) is 0 Å². The molecule has 3 aliphatic carbocycles. The highest BCUT2D eigenvalue weighted by molar-refractivity contribution is 6.32. The van der Waals surface area contributed by atoms with Gasteiger partial charge >= 0.3 is 0 Å². The number of amides is 1. The number of fused-ring (bicyclic) bond motifs is 3. The van der Waals surface area contributed by atoms with Crippen LogP contribution in [0.3, 0.4) is 0 Å². The first-order chi connectivity index (χ1) is 14.9. The van der Waals surface area contributed by atoms with Crippen molar-refractivity contribution < 1.29 is 34.2 Å². The van der Waals surface area contributed by atoms with Gasteiger partial charge in [0.05, 0.1) is 17.5 Å². The minimum absolute atomic E-state index is 0.00112. The molecule has 9 heteroatoms. The summed E-state index contributed by atoms with van der Waals surface area (Å²) in [5.41, 5.74) is 3.17. The summed E-state index contributed by atoms with van der Waals surface area (Å²) in [6.07, 6.45) is 0. The first-order valence-corrected chi connectivity index (χ1v) is 10.5. The monoisotopic (exact) mass is 442 g/mol. The average Bonchev–Trinajstić information content (AvgIpc) is 2.70. The van der Waals surface area contributed by atoms with Crippen LogP contribution in [0.4, 0.5) is 0 Å². The molecule has 1 aromatic rings. The molecule has 0 heterocycles. The number of aromatic hydroxyl groups is 1. The number of nitrogens with two attached hydrogens (primary N) is 1. The lowest BCUT2D eigenvalue weighted by Crippen LogP contribution is -2.76. The van der Waals surface area contributed by atoms with Gasteiger partial charge in [-0.3, -0.25) is 28.9 Å². The Morgan fingerprint density at radius 2 is 1.72 bits per heavy atom. The number of ketones is 4. The SMILES string of the molecule is C[C@H]1[C@H]2C(C(=O)c3c(O)cccc3[C@@H]2C)C(=O)[C@]2(O)C(=O)C(C(N)=O)C(=O)[C@@H](N(C)C)[C@H]12. The van der Waals surface area contributed by atoms with E-state index in [0.717, 1.165) is 0 Å². The number of Topliss-reactive ketones (excluding diaryl/α,β-unsaturated/α-hetero) is 4. The molecule has 0 aliphatic heterocycles. The van der Waals surface area contributed by atoms with Crippen molar-refractivity contribution in [3.8, 4) is 5.75 Å². The summed E-state index contributed by atoms with van der Waals surface area (Å²) in [5, 5.41) is 21.9. The summed E-state index contributed by atoms with van der Waals surface area (Å²) < 4.78 is 0. The molecule has 9 nitrogen and oxygen atoms in total. The summed E-state index contributed by atoms with van der Waals surface area (Å²) in [5.74, 6) is -11.4. The van der Waals surface area contributed by atoms with E-state index in [-0.39, 0.29) is 17.2 Å². The molecule has 8 atom stereocenters. The molecule has 170 valence electrons. The second kappa shape index (κ2) is 7.05. The highest BCUT2D eigenvalue weighted by Crippen LogP contribution is 2.56. The fourth-order valence-corrected chi connectivity index (χ4v) is 6.45. The van der Waals surface area contributed by atoms with Crippen molar-refractivity contribution in [3.63, 3.8) is 0 Å². The van der Waals surface area contributed by atoms with Crippen molar-refractivity contribution in [2.75, 3.05) is 14.1 Å². The second-order valence-electron chi connectivity index (χ2n) is 9.48. The van der Waals surface area contributed by atoms with Crippen LogP contribution in [-0.2, 0) is 19.2 Å². The van der Waals surface area contributed by atoms with Gasteiger partial charge in [-0.2, -0.15) is 0 Å². The van der Waals surface area contributed by atoms with E-state index in [4.69, 9.17) is 5.73 Å². The van der Waals surface area contributed by atoms with Gasteiger partial charge in [0.15, 0.2) is 34.7 Å². The molecule has 3 aliphatic rings. The van der Waals surface area contributed by atoms with E-state index in [2.05, 4.69) is 0 Å². The van der Waals surface area contributed by atoms with Gasteiger partial charge < -0.3 is 15.9 Å². The molecular weight excluding hydrogens is 416 g/mol. The Bertz CT molecular complexity index is 1080. The van der Waals surface area contributed by atoms with Crippen LogP contribution < -0.4 is 5.73 Å². The van der Waals surface area contributed by atoms with Crippen molar-refractivity contribution in [1.82, 2.24) is 4.90 Å². The molecule has 1 amide bonds. The Morgan fingerprint density at radius 3 is 2.28 bits per heavy atom. The smallest absolute Gasteiger partial charge is 0.235 e. The minimum Gasteiger partial charge on any atom is -0.507 e. The van der Waals surface area contributed by atoms with Crippen molar-refractivity contribution in [2.45, 2.75) is 31.4 Å². The van der Waals surface area contributed by atoms with Crippen LogP contribution in [0.2, 0.25) is 0 Å². The van der Waals surface area contributed by atoms with Crippen LogP contribution in [0.1, 0.15) is 35.7 Å². The number of hydrogen-bond acceptors (Lipinski definition) is 8. The fraction of sp³-hybridized carbons (Fsp3) is 0.522. The maximum Gasteiger partial charge on any atom is 0.235 e. The molecule has 4 N–H and O–H groups in total. The maximum atomic E-state index is 13.7. The third kappa shape index (κ3) is 2.55. The van der Waals surface area contributed by atoms with Gasteiger partial charge in [-0.05, 0) is 43.5 Å². The zero-order chi connectivity index (χ0) is 23.9. The predicted molar refractivity (Wildman–Crippen MR) is 111 cm³/mol.